The van der Waals surface area contributed by atoms with Crippen LogP contribution in [0.3, 0.4) is 0 Å². The Bertz CT molecular complexity index is 505. The number of nitrogens with two attached hydrogens (primary N) is 1. The highest BCUT2D eigenvalue weighted by molar-refractivity contribution is 5.81. The van der Waals surface area contributed by atoms with Crippen LogP contribution in [-0.4, -0.2) is 17.7 Å². The second kappa shape index (κ2) is 4.14. The highest BCUT2D eigenvalue weighted by atomic mass is 19.1. The first-order valence-corrected chi connectivity index (χ1v) is 5.20. The van der Waals surface area contributed by atoms with Gasteiger partial charge in [0.1, 0.15) is 0 Å². The fourth-order valence-electron chi connectivity index (χ4n) is 1.82. The van der Waals surface area contributed by atoms with Gasteiger partial charge in [0.2, 0.25) is 0 Å². The van der Waals surface area contributed by atoms with Crippen LogP contribution in [0, 0.1) is 5.82 Å². The monoisotopic (exact) mass is 222 g/mol. The minimum absolute atomic E-state index is 0.0617. The molecule has 0 saturated heterocycles. The molecule has 0 aliphatic carbocycles. The molecule has 0 aliphatic heterocycles. The Morgan fingerprint density at radius 3 is 2.88 bits per heavy atom. The summed E-state index contributed by atoms with van der Waals surface area (Å²) in [6.45, 7) is 2.64. The maximum Gasteiger partial charge on any atom is 0.165 e. The van der Waals surface area contributed by atoms with Crippen molar-refractivity contribution >= 4 is 10.9 Å². The third-order valence-electron chi connectivity index (χ3n) is 2.53. The zero-order chi connectivity index (χ0) is 11.7. The number of nitrogens with zero attached hydrogens (tertiary/aromatic N) is 1. The van der Waals surface area contributed by atoms with Crippen LogP contribution in [0.5, 0.6) is 5.75 Å². The first-order chi connectivity index (χ1) is 7.61. The molecule has 3 nitrogen and oxygen atoms in total. The predicted octanol–water partition coefficient (Wildman–Crippen LogP) is 2.14. The van der Waals surface area contributed by atoms with Crippen molar-refractivity contribution in [2.24, 2.45) is 5.73 Å². The maximum atomic E-state index is 13.4. The molecule has 2 aromatic rings. The highest BCUT2D eigenvalue weighted by Gasteiger charge is 2.08. The van der Waals surface area contributed by atoms with Gasteiger partial charge in [0.15, 0.2) is 11.6 Å². The van der Waals surface area contributed by atoms with Crippen molar-refractivity contribution in [3.8, 4) is 5.75 Å². The zero-order valence-corrected chi connectivity index (χ0v) is 9.40. The standard InChI is InChI=1S/C12H15FN2O/c1-8(14)7-15-4-3-9-5-10(13)12(16-2)6-11(9)15/h3-6,8H,7,14H2,1-2H3. The van der Waals surface area contributed by atoms with Gasteiger partial charge < -0.3 is 15.0 Å². The Balaban J connectivity index is 2.53. The molecule has 0 amide bonds. The number of benzene rings is 1. The summed E-state index contributed by atoms with van der Waals surface area (Å²) >= 11 is 0. The second-order valence-corrected chi connectivity index (χ2v) is 3.99. The van der Waals surface area contributed by atoms with E-state index in [0.717, 1.165) is 10.9 Å². The van der Waals surface area contributed by atoms with Crippen LogP contribution < -0.4 is 10.5 Å². The maximum absolute atomic E-state index is 13.4. The third-order valence-corrected chi connectivity index (χ3v) is 2.53. The van der Waals surface area contributed by atoms with Crippen molar-refractivity contribution < 1.29 is 9.13 Å². The SMILES string of the molecule is COc1cc2c(ccn2CC(C)N)cc1F. The molecule has 2 rings (SSSR count). The molecule has 1 heterocycles. The summed E-state index contributed by atoms with van der Waals surface area (Å²) in [5, 5.41) is 0.860. The number of methoxy groups -OCH3 is 1. The lowest BCUT2D eigenvalue weighted by molar-refractivity contribution is 0.387. The zero-order valence-electron chi connectivity index (χ0n) is 9.40. The smallest absolute Gasteiger partial charge is 0.165 e. The van der Waals surface area contributed by atoms with Crippen molar-refractivity contribution in [3.05, 3.63) is 30.2 Å². The highest BCUT2D eigenvalue weighted by Crippen LogP contribution is 2.25. The van der Waals surface area contributed by atoms with Crippen molar-refractivity contribution in [1.82, 2.24) is 4.57 Å². The lowest BCUT2D eigenvalue weighted by Gasteiger charge is -2.09. The summed E-state index contributed by atoms with van der Waals surface area (Å²) in [5.74, 6) is -0.0781. The fraction of sp³-hybridized carbons (Fsp3) is 0.333. The van der Waals surface area contributed by atoms with Gasteiger partial charge in [-0.3, -0.25) is 0 Å². The van der Waals surface area contributed by atoms with Crippen molar-refractivity contribution in [2.75, 3.05) is 7.11 Å². The van der Waals surface area contributed by atoms with E-state index in [-0.39, 0.29) is 17.6 Å². The topological polar surface area (TPSA) is 40.2 Å². The molecular weight excluding hydrogens is 207 g/mol. The van der Waals surface area contributed by atoms with Gasteiger partial charge in [-0.05, 0) is 19.1 Å². The molecule has 0 bridgehead atoms. The molecule has 0 saturated carbocycles. The number of fused-ring (bicyclic) bond motifs is 1. The van der Waals surface area contributed by atoms with Crippen LogP contribution in [0.15, 0.2) is 24.4 Å². The van der Waals surface area contributed by atoms with Gasteiger partial charge in [0.25, 0.3) is 0 Å². The quantitative estimate of drug-likeness (QED) is 0.864. The molecule has 0 aliphatic rings. The molecular formula is C12H15FN2O. The Hall–Kier alpha value is -1.55. The van der Waals surface area contributed by atoms with E-state index in [1.807, 2.05) is 23.8 Å². The van der Waals surface area contributed by atoms with Crippen LogP contribution in [0.4, 0.5) is 4.39 Å². The molecule has 0 radical (unpaired) electrons. The molecule has 86 valence electrons. The number of ether oxygens (including phenoxy) is 1. The van der Waals surface area contributed by atoms with E-state index in [4.69, 9.17) is 10.5 Å². The number of hydrogen-bond acceptors (Lipinski definition) is 2. The Morgan fingerprint density at radius 2 is 2.25 bits per heavy atom. The molecule has 1 aromatic heterocycles. The molecule has 16 heavy (non-hydrogen) atoms. The van der Waals surface area contributed by atoms with Crippen LogP contribution in [0.2, 0.25) is 0 Å². The van der Waals surface area contributed by atoms with Gasteiger partial charge >= 0.3 is 0 Å². The van der Waals surface area contributed by atoms with Gasteiger partial charge in [-0.25, -0.2) is 4.39 Å². The van der Waals surface area contributed by atoms with Crippen LogP contribution in [0.25, 0.3) is 10.9 Å². The minimum atomic E-state index is -0.339. The Labute approximate surface area is 93.6 Å². The number of rotatable bonds is 3. The summed E-state index contributed by atoms with van der Waals surface area (Å²) in [4.78, 5) is 0. The fourth-order valence-corrected chi connectivity index (χ4v) is 1.82. The molecule has 1 unspecified atom stereocenters. The van der Waals surface area contributed by atoms with Crippen molar-refractivity contribution in [3.63, 3.8) is 0 Å². The lowest BCUT2D eigenvalue weighted by atomic mass is 10.2. The van der Waals surface area contributed by atoms with Crippen molar-refractivity contribution in [2.45, 2.75) is 19.5 Å². The van der Waals surface area contributed by atoms with E-state index in [1.165, 1.54) is 13.2 Å². The number of halogens is 1. The first-order valence-electron chi connectivity index (χ1n) is 5.20. The van der Waals surface area contributed by atoms with E-state index in [9.17, 15) is 4.39 Å². The normalized spacial score (nSPS) is 13.0. The lowest BCUT2D eigenvalue weighted by Crippen LogP contribution is -2.21. The molecule has 4 heteroatoms. The van der Waals surface area contributed by atoms with Crippen LogP contribution in [-0.2, 0) is 6.54 Å². The minimum Gasteiger partial charge on any atom is -0.494 e. The van der Waals surface area contributed by atoms with E-state index >= 15 is 0 Å². The molecule has 0 fully saturated rings. The molecule has 0 spiro atoms. The van der Waals surface area contributed by atoms with Crippen molar-refractivity contribution in [1.29, 1.82) is 0 Å². The van der Waals surface area contributed by atoms with E-state index in [1.54, 1.807) is 6.07 Å². The summed E-state index contributed by atoms with van der Waals surface area (Å²) in [5.41, 5.74) is 6.69. The Kier molecular flexibility index (Phi) is 2.83. The van der Waals surface area contributed by atoms with Gasteiger partial charge in [0.05, 0.1) is 12.6 Å². The molecule has 1 atom stereocenters. The molecule has 2 N–H and O–H groups in total. The average Bonchev–Trinajstić information content (AvgIpc) is 2.59. The first kappa shape index (κ1) is 11.0. The molecule has 1 aromatic carbocycles. The van der Waals surface area contributed by atoms with E-state index < -0.39 is 0 Å². The van der Waals surface area contributed by atoms with Gasteiger partial charge in [0, 0.05) is 30.2 Å². The predicted molar refractivity (Wildman–Crippen MR) is 62.1 cm³/mol. The van der Waals surface area contributed by atoms with Crippen LogP contribution in [0.1, 0.15) is 6.92 Å². The van der Waals surface area contributed by atoms with Gasteiger partial charge in [-0.1, -0.05) is 0 Å². The van der Waals surface area contributed by atoms with E-state index in [0.29, 0.717) is 6.54 Å². The largest absolute Gasteiger partial charge is 0.494 e. The van der Waals surface area contributed by atoms with Gasteiger partial charge in [-0.15, -0.1) is 0 Å². The van der Waals surface area contributed by atoms with E-state index in [2.05, 4.69) is 0 Å². The summed E-state index contributed by atoms with van der Waals surface area (Å²) < 4.78 is 20.4. The Morgan fingerprint density at radius 1 is 1.50 bits per heavy atom. The summed E-state index contributed by atoms with van der Waals surface area (Å²) in [6.07, 6.45) is 1.91. The number of aromatic nitrogens is 1. The second-order valence-electron chi connectivity index (χ2n) is 3.99. The third kappa shape index (κ3) is 1.88. The van der Waals surface area contributed by atoms with Crippen LogP contribution >= 0.6 is 0 Å². The number of hydrogen-bond donors (Lipinski definition) is 1. The average molecular weight is 222 g/mol. The van der Waals surface area contributed by atoms with Gasteiger partial charge in [-0.2, -0.15) is 0 Å². The summed E-state index contributed by atoms with van der Waals surface area (Å²) in [7, 11) is 1.46. The summed E-state index contributed by atoms with van der Waals surface area (Å²) in [6, 6.07) is 5.12.